The molecule has 1 N–H and O–H groups in total. The van der Waals surface area contributed by atoms with Crippen LogP contribution in [0, 0.1) is 36.0 Å². The first kappa shape index (κ1) is 22.5. The van der Waals surface area contributed by atoms with Crippen LogP contribution in [0.2, 0.25) is 0 Å². The van der Waals surface area contributed by atoms with Crippen molar-refractivity contribution in [3.63, 3.8) is 0 Å². The van der Waals surface area contributed by atoms with Crippen molar-refractivity contribution in [3.8, 4) is 17.2 Å². The van der Waals surface area contributed by atoms with E-state index in [0.29, 0.717) is 22.6 Å². The number of fused-ring (bicyclic) bond motifs is 1. The van der Waals surface area contributed by atoms with Gasteiger partial charge in [-0.2, -0.15) is 5.26 Å². The van der Waals surface area contributed by atoms with E-state index < -0.39 is 51.4 Å². The molecule has 6 nitrogen and oxygen atoms in total. The summed E-state index contributed by atoms with van der Waals surface area (Å²) >= 11 is 0. The Bertz CT molecular complexity index is 1220. The van der Waals surface area contributed by atoms with E-state index in [1.165, 1.54) is 6.92 Å². The first-order chi connectivity index (χ1) is 15.0. The molecule has 0 bridgehead atoms. The van der Waals surface area contributed by atoms with Crippen LogP contribution in [0.15, 0.2) is 36.5 Å². The second kappa shape index (κ2) is 8.01. The molecule has 0 spiro atoms. The average molecular weight is 459 g/mol. The maximum atomic E-state index is 14.7. The fourth-order valence-electron chi connectivity index (χ4n) is 5.02. The lowest BCUT2D eigenvalue weighted by molar-refractivity contribution is -0.107. The van der Waals surface area contributed by atoms with E-state index in [1.807, 2.05) is 13.0 Å². The Morgan fingerprint density at radius 3 is 2.69 bits per heavy atom. The van der Waals surface area contributed by atoms with Gasteiger partial charge in [0.2, 0.25) is 10.0 Å². The summed E-state index contributed by atoms with van der Waals surface area (Å²) in [6, 6.07) is 8.78. The normalized spacial score (nSPS) is 30.7. The summed E-state index contributed by atoms with van der Waals surface area (Å²) in [7, 11) is -3.77. The average Bonchev–Trinajstić information content (AvgIpc) is 2.95. The maximum absolute atomic E-state index is 14.7. The zero-order chi connectivity index (χ0) is 23.3. The van der Waals surface area contributed by atoms with Gasteiger partial charge in [0, 0.05) is 47.3 Å². The lowest BCUT2D eigenvalue weighted by atomic mass is 9.68. The number of hydrogen-bond donors (Lipinski definition) is 1. The minimum absolute atomic E-state index is 0.300. The summed E-state index contributed by atoms with van der Waals surface area (Å²) in [5.74, 6) is -5.11. The Hall–Kier alpha value is -2.70. The van der Waals surface area contributed by atoms with Crippen LogP contribution < -0.4 is 4.72 Å². The van der Waals surface area contributed by atoms with Crippen LogP contribution in [0.4, 0.5) is 8.78 Å². The molecule has 0 unspecified atom stereocenters. The summed E-state index contributed by atoms with van der Waals surface area (Å²) in [6.45, 7) is 5.03. The molecule has 1 saturated carbocycles. The zero-order valence-corrected chi connectivity index (χ0v) is 18.8. The Balaban J connectivity index is 1.66. The van der Waals surface area contributed by atoms with Gasteiger partial charge in [0.1, 0.15) is 11.8 Å². The van der Waals surface area contributed by atoms with Gasteiger partial charge in [-0.3, -0.25) is 4.98 Å². The highest BCUT2D eigenvalue weighted by Gasteiger charge is 2.60. The van der Waals surface area contributed by atoms with Crippen molar-refractivity contribution in [2.75, 3.05) is 0 Å². The van der Waals surface area contributed by atoms with Crippen LogP contribution in [0.25, 0.3) is 17.2 Å². The second-order valence-electron chi connectivity index (χ2n) is 8.64. The van der Waals surface area contributed by atoms with Crippen molar-refractivity contribution >= 4 is 16.1 Å². The quantitative estimate of drug-likeness (QED) is 0.752. The van der Waals surface area contributed by atoms with Gasteiger partial charge in [-0.05, 0) is 44.0 Å². The highest BCUT2D eigenvalue weighted by Crippen LogP contribution is 2.50. The van der Waals surface area contributed by atoms with E-state index in [4.69, 9.17) is 0 Å². The number of nitrogens with zero attached hydrogens (tertiary/aromatic N) is 3. The van der Waals surface area contributed by atoms with Crippen molar-refractivity contribution in [2.45, 2.75) is 44.4 Å². The predicted octanol–water partition coefficient (Wildman–Crippen LogP) is 3.93. The van der Waals surface area contributed by atoms with E-state index in [9.17, 15) is 22.5 Å². The van der Waals surface area contributed by atoms with Gasteiger partial charge in [-0.1, -0.05) is 19.1 Å². The van der Waals surface area contributed by atoms with Crippen LogP contribution in [0.1, 0.15) is 37.4 Å². The summed E-state index contributed by atoms with van der Waals surface area (Å²) < 4.78 is 56.7. The van der Waals surface area contributed by atoms with E-state index in [1.54, 1.807) is 43.5 Å². The van der Waals surface area contributed by atoms with Gasteiger partial charge in [0.05, 0.1) is 10.9 Å². The number of rotatable bonds is 3. The topological polar surface area (TPSA) is 95.7 Å². The molecule has 0 aromatic carbocycles. The SMILES string of the molecule is Cc1nc(/C=C/[C@@H]2[C@H]3[C@@H](CC(F)(F)[C@H]2C)S(=O)(=O)N[C@@H]3C)ccc1-c1cccnc1C#N. The number of alkyl halides is 2. The first-order valence-electron chi connectivity index (χ1n) is 10.5. The van der Waals surface area contributed by atoms with Crippen molar-refractivity contribution in [1.29, 1.82) is 5.26 Å². The molecule has 1 aliphatic carbocycles. The Morgan fingerprint density at radius 1 is 1.25 bits per heavy atom. The number of pyridine rings is 2. The minimum atomic E-state index is -3.77. The smallest absolute Gasteiger partial charge is 0.252 e. The number of sulfonamides is 1. The Labute approximate surface area is 186 Å². The number of nitrogens with one attached hydrogen (secondary N) is 1. The van der Waals surface area contributed by atoms with E-state index in [-0.39, 0.29) is 0 Å². The largest absolute Gasteiger partial charge is 0.253 e. The molecule has 3 heterocycles. The molecule has 2 fully saturated rings. The standard InChI is InChI=1S/C23H24F2N4O2S/c1-13-17(22-15(3)29-32(30,31)21(22)11-23(13,24)25)8-6-16-7-9-18(14(2)28-16)19-5-4-10-27-20(19)12-26/h4-10,13,15,17,21-22,29H,11H2,1-3H3/b8-6+/t13-,15+,17-,21+,22-/m0/s1. The maximum Gasteiger partial charge on any atom is 0.252 e. The van der Waals surface area contributed by atoms with E-state index >= 15 is 0 Å². The molecule has 168 valence electrons. The summed E-state index contributed by atoms with van der Waals surface area (Å²) in [6.07, 6.45) is 4.26. The lowest BCUT2D eigenvalue weighted by Gasteiger charge is -2.42. The molecule has 1 aliphatic heterocycles. The van der Waals surface area contributed by atoms with Crippen LogP contribution in [-0.4, -0.2) is 35.6 Å². The summed E-state index contributed by atoms with van der Waals surface area (Å²) in [5, 5.41) is 8.19. The zero-order valence-electron chi connectivity index (χ0n) is 18.0. The molecule has 1 saturated heterocycles. The molecular formula is C23H24F2N4O2S. The molecule has 2 aromatic heterocycles. The van der Waals surface area contributed by atoms with Crippen molar-refractivity contribution in [3.05, 3.63) is 53.6 Å². The van der Waals surface area contributed by atoms with Crippen molar-refractivity contribution in [2.24, 2.45) is 17.8 Å². The van der Waals surface area contributed by atoms with Crippen LogP contribution >= 0.6 is 0 Å². The Morgan fingerprint density at radius 2 is 2.00 bits per heavy atom. The van der Waals surface area contributed by atoms with Crippen LogP contribution in [0.3, 0.4) is 0 Å². The number of nitriles is 1. The van der Waals surface area contributed by atoms with Gasteiger partial charge in [-0.15, -0.1) is 0 Å². The molecule has 9 heteroatoms. The lowest BCUT2D eigenvalue weighted by Crippen LogP contribution is -2.49. The summed E-state index contributed by atoms with van der Waals surface area (Å²) in [4.78, 5) is 8.64. The van der Waals surface area contributed by atoms with Crippen LogP contribution in [-0.2, 0) is 10.0 Å². The fourth-order valence-corrected chi connectivity index (χ4v) is 7.15. The van der Waals surface area contributed by atoms with Gasteiger partial charge in [0.25, 0.3) is 5.92 Å². The van der Waals surface area contributed by atoms with Gasteiger partial charge >= 0.3 is 0 Å². The van der Waals surface area contributed by atoms with Gasteiger partial charge < -0.3 is 0 Å². The number of aryl methyl sites for hydroxylation is 1. The third-order valence-corrected chi connectivity index (χ3v) is 8.70. The molecular weight excluding hydrogens is 434 g/mol. The van der Waals surface area contributed by atoms with Gasteiger partial charge in [-0.25, -0.2) is 26.9 Å². The number of aromatic nitrogens is 2. The molecule has 2 aliphatic rings. The summed E-state index contributed by atoms with van der Waals surface area (Å²) in [5.41, 5.74) is 3.00. The fraction of sp³-hybridized carbons (Fsp3) is 0.435. The molecule has 4 rings (SSSR count). The molecule has 5 atom stereocenters. The monoisotopic (exact) mass is 458 g/mol. The van der Waals surface area contributed by atoms with E-state index in [0.717, 1.165) is 5.56 Å². The highest BCUT2D eigenvalue weighted by atomic mass is 32.2. The minimum Gasteiger partial charge on any atom is -0.253 e. The molecule has 0 amide bonds. The van der Waals surface area contributed by atoms with Crippen LogP contribution in [0.5, 0.6) is 0 Å². The molecule has 2 aromatic rings. The van der Waals surface area contributed by atoms with E-state index in [2.05, 4.69) is 20.8 Å². The number of halogens is 2. The predicted molar refractivity (Wildman–Crippen MR) is 117 cm³/mol. The van der Waals surface area contributed by atoms with Gasteiger partial charge in [0.15, 0.2) is 0 Å². The number of allylic oxidation sites excluding steroid dienone is 1. The number of hydrogen-bond acceptors (Lipinski definition) is 5. The third-order valence-electron chi connectivity index (χ3n) is 6.72. The molecule has 32 heavy (non-hydrogen) atoms. The Kier molecular flexibility index (Phi) is 5.63. The first-order valence-corrected chi connectivity index (χ1v) is 12.0. The van der Waals surface area contributed by atoms with Crippen molar-refractivity contribution < 1.29 is 17.2 Å². The molecule has 0 radical (unpaired) electrons. The van der Waals surface area contributed by atoms with Crippen molar-refractivity contribution in [1.82, 2.24) is 14.7 Å². The second-order valence-corrected chi connectivity index (χ2v) is 10.6. The third kappa shape index (κ3) is 3.82. The highest BCUT2D eigenvalue weighted by molar-refractivity contribution is 7.90.